The minimum Gasteiger partial charge on any atom is -0.497 e. The molecule has 0 aliphatic carbocycles. The van der Waals surface area contributed by atoms with E-state index in [1.54, 1.807) is 7.11 Å². The van der Waals surface area contributed by atoms with E-state index in [1.165, 1.54) is 0 Å². The number of thioether (sulfide) groups is 1. The predicted molar refractivity (Wildman–Crippen MR) is 115 cm³/mol. The van der Waals surface area contributed by atoms with E-state index in [2.05, 4.69) is 31.4 Å². The molecule has 0 spiro atoms. The smallest absolute Gasteiger partial charge is 0.195 e. The average molecular weight is 382 g/mol. The van der Waals surface area contributed by atoms with Gasteiger partial charge in [-0.2, -0.15) is 11.8 Å². The fourth-order valence-corrected chi connectivity index (χ4v) is 4.46. The lowest BCUT2D eigenvalue weighted by Crippen LogP contribution is -2.10. The lowest BCUT2D eigenvalue weighted by molar-refractivity contribution is 0.103. The van der Waals surface area contributed by atoms with Crippen LogP contribution < -0.4 is 4.74 Å². The van der Waals surface area contributed by atoms with Crippen molar-refractivity contribution in [3.63, 3.8) is 0 Å². The van der Waals surface area contributed by atoms with Gasteiger partial charge in [-0.1, -0.05) is 37.3 Å². The molecule has 0 aliphatic rings. The van der Waals surface area contributed by atoms with Crippen molar-refractivity contribution < 1.29 is 9.53 Å². The summed E-state index contributed by atoms with van der Waals surface area (Å²) in [5, 5.41) is 0.968. The summed E-state index contributed by atoms with van der Waals surface area (Å²) < 4.78 is 7.75. The van der Waals surface area contributed by atoms with Crippen LogP contribution >= 0.6 is 11.8 Å². The van der Waals surface area contributed by atoms with Crippen LogP contribution in [0, 0.1) is 6.92 Å². The van der Waals surface area contributed by atoms with Crippen molar-refractivity contribution in [3.8, 4) is 5.75 Å². The number of benzene rings is 2. The van der Waals surface area contributed by atoms with E-state index in [0.29, 0.717) is 6.04 Å². The Labute approximate surface area is 165 Å². The first-order valence-corrected chi connectivity index (χ1v) is 10.6. The highest BCUT2D eigenvalue weighted by Crippen LogP contribution is 2.34. The fraction of sp³-hybridized carbons (Fsp3) is 0.348. The standard InChI is InChI=1S/C23H27NO2S/c1-5-27-14-13-16(2)24-17(3)22(23(25)18-9-7-6-8-10-18)20-15-19(26-4)11-12-21(20)24/h6-12,15-16H,5,13-14H2,1-4H3. The monoisotopic (exact) mass is 381 g/mol. The highest BCUT2D eigenvalue weighted by Gasteiger charge is 2.23. The quantitative estimate of drug-likeness (QED) is 0.360. The number of hydrogen-bond acceptors (Lipinski definition) is 3. The van der Waals surface area contributed by atoms with E-state index >= 15 is 0 Å². The largest absolute Gasteiger partial charge is 0.497 e. The molecule has 1 atom stereocenters. The van der Waals surface area contributed by atoms with Gasteiger partial charge >= 0.3 is 0 Å². The van der Waals surface area contributed by atoms with E-state index in [-0.39, 0.29) is 5.78 Å². The second kappa shape index (κ2) is 8.66. The lowest BCUT2D eigenvalue weighted by Gasteiger charge is -2.17. The number of nitrogens with zero attached hydrogens (tertiary/aromatic N) is 1. The molecular weight excluding hydrogens is 354 g/mol. The summed E-state index contributed by atoms with van der Waals surface area (Å²) in [4.78, 5) is 13.3. The molecular formula is C23H27NO2S. The van der Waals surface area contributed by atoms with Crippen LogP contribution in [0.15, 0.2) is 48.5 Å². The third-order valence-electron chi connectivity index (χ3n) is 5.04. The normalized spacial score (nSPS) is 12.3. The molecule has 0 bridgehead atoms. The van der Waals surface area contributed by atoms with Crippen LogP contribution in [0.5, 0.6) is 5.75 Å². The van der Waals surface area contributed by atoms with Gasteiger partial charge in [0.25, 0.3) is 0 Å². The zero-order valence-corrected chi connectivity index (χ0v) is 17.3. The highest BCUT2D eigenvalue weighted by atomic mass is 32.2. The molecule has 3 nitrogen and oxygen atoms in total. The molecule has 142 valence electrons. The maximum Gasteiger partial charge on any atom is 0.195 e. The molecule has 0 radical (unpaired) electrons. The summed E-state index contributed by atoms with van der Waals surface area (Å²) in [5.74, 6) is 3.10. The van der Waals surface area contributed by atoms with Crippen molar-refractivity contribution in [1.82, 2.24) is 4.57 Å². The maximum atomic E-state index is 13.3. The second-order valence-corrected chi connectivity index (χ2v) is 8.14. The minimum atomic E-state index is 0.0697. The van der Waals surface area contributed by atoms with Crippen molar-refractivity contribution in [2.75, 3.05) is 18.6 Å². The summed E-state index contributed by atoms with van der Waals surface area (Å²) in [6.45, 7) is 6.49. The van der Waals surface area contributed by atoms with Crippen molar-refractivity contribution in [3.05, 3.63) is 65.4 Å². The highest BCUT2D eigenvalue weighted by molar-refractivity contribution is 7.99. The number of methoxy groups -OCH3 is 1. The molecule has 0 fully saturated rings. The van der Waals surface area contributed by atoms with Gasteiger partial charge in [0.1, 0.15) is 5.75 Å². The molecule has 3 rings (SSSR count). The Kier molecular flexibility index (Phi) is 6.27. The molecule has 3 aromatic rings. The first-order chi connectivity index (χ1) is 13.1. The molecule has 4 heteroatoms. The summed E-state index contributed by atoms with van der Waals surface area (Å²) in [5.41, 5.74) is 3.63. The van der Waals surface area contributed by atoms with E-state index < -0.39 is 0 Å². The van der Waals surface area contributed by atoms with E-state index in [9.17, 15) is 4.79 Å². The van der Waals surface area contributed by atoms with Crippen LogP contribution in [0.3, 0.4) is 0 Å². The average Bonchev–Trinajstić information content (AvgIpc) is 2.99. The molecule has 1 unspecified atom stereocenters. The molecule has 1 heterocycles. The molecule has 27 heavy (non-hydrogen) atoms. The number of ether oxygens (including phenoxy) is 1. The first kappa shape index (κ1) is 19.6. The van der Waals surface area contributed by atoms with E-state index in [0.717, 1.165) is 51.4 Å². The van der Waals surface area contributed by atoms with Gasteiger partial charge in [-0.05, 0) is 50.0 Å². The number of ketones is 1. The number of hydrogen-bond donors (Lipinski definition) is 0. The van der Waals surface area contributed by atoms with Crippen LogP contribution in [0.2, 0.25) is 0 Å². The lowest BCUT2D eigenvalue weighted by atomic mass is 10.0. The second-order valence-electron chi connectivity index (χ2n) is 6.74. The van der Waals surface area contributed by atoms with Crippen molar-refractivity contribution >= 4 is 28.4 Å². The SMILES string of the molecule is CCSCCC(C)n1c(C)c(C(=O)c2ccccc2)c2cc(OC)ccc21. The Bertz CT molecular complexity index is 930. The molecule has 0 N–H and O–H groups in total. The van der Waals surface area contributed by atoms with Gasteiger partial charge in [0.05, 0.1) is 12.7 Å². The third-order valence-corrected chi connectivity index (χ3v) is 5.98. The summed E-state index contributed by atoms with van der Waals surface area (Å²) >= 11 is 1.96. The Morgan fingerprint density at radius 2 is 1.93 bits per heavy atom. The van der Waals surface area contributed by atoms with Crippen molar-refractivity contribution in [1.29, 1.82) is 0 Å². The predicted octanol–water partition coefficient (Wildman–Crippen LogP) is 5.89. The Morgan fingerprint density at radius 3 is 2.59 bits per heavy atom. The Morgan fingerprint density at radius 1 is 1.19 bits per heavy atom. The van der Waals surface area contributed by atoms with Gasteiger partial charge in [-0.25, -0.2) is 0 Å². The van der Waals surface area contributed by atoms with Gasteiger partial charge in [-0.3, -0.25) is 4.79 Å². The topological polar surface area (TPSA) is 31.2 Å². The number of fused-ring (bicyclic) bond motifs is 1. The van der Waals surface area contributed by atoms with Gasteiger partial charge in [0.2, 0.25) is 0 Å². The molecule has 0 saturated carbocycles. The van der Waals surface area contributed by atoms with Crippen LogP contribution in [-0.4, -0.2) is 29.0 Å². The van der Waals surface area contributed by atoms with Crippen molar-refractivity contribution in [2.24, 2.45) is 0 Å². The van der Waals surface area contributed by atoms with Gasteiger partial charge in [0, 0.05) is 28.2 Å². The van der Waals surface area contributed by atoms with Crippen LogP contribution in [-0.2, 0) is 0 Å². The van der Waals surface area contributed by atoms with Gasteiger partial charge < -0.3 is 9.30 Å². The molecule has 0 saturated heterocycles. The Hall–Kier alpha value is -2.20. The number of carbonyl (C=O) groups excluding carboxylic acids is 1. The number of rotatable bonds is 8. The number of aromatic nitrogens is 1. The summed E-state index contributed by atoms with van der Waals surface area (Å²) in [6.07, 6.45) is 1.08. The number of carbonyl (C=O) groups is 1. The Balaban J connectivity index is 2.14. The molecule has 2 aromatic carbocycles. The van der Waals surface area contributed by atoms with Gasteiger partial charge in [0.15, 0.2) is 5.78 Å². The maximum absolute atomic E-state index is 13.3. The summed E-state index contributed by atoms with van der Waals surface area (Å²) in [6, 6.07) is 15.9. The van der Waals surface area contributed by atoms with E-state index in [1.807, 2.05) is 54.2 Å². The van der Waals surface area contributed by atoms with Gasteiger partial charge in [-0.15, -0.1) is 0 Å². The molecule has 0 amide bonds. The third kappa shape index (κ3) is 3.91. The van der Waals surface area contributed by atoms with E-state index in [4.69, 9.17) is 4.74 Å². The van der Waals surface area contributed by atoms with Crippen LogP contribution in [0.25, 0.3) is 10.9 Å². The molecule has 0 aliphatic heterocycles. The molecule has 1 aromatic heterocycles. The summed E-state index contributed by atoms with van der Waals surface area (Å²) in [7, 11) is 1.66. The fourth-order valence-electron chi connectivity index (χ4n) is 3.66. The minimum absolute atomic E-state index is 0.0697. The van der Waals surface area contributed by atoms with Crippen molar-refractivity contribution in [2.45, 2.75) is 33.2 Å². The van der Waals surface area contributed by atoms with Crippen LogP contribution in [0.4, 0.5) is 0 Å². The van der Waals surface area contributed by atoms with Crippen LogP contribution in [0.1, 0.15) is 47.9 Å². The first-order valence-electron chi connectivity index (χ1n) is 9.44. The zero-order valence-electron chi connectivity index (χ0n) is 16.5. The zero-order chi connectivity index (χ0) is 19.4.